The normalized spacial score (nSPS) is 32.3. The number of benzene rings is 3. The van der Waals surface area contributed by atoms with E-state index < -0.39 is 51.9 Å². The van der Waals surface area contributed by atoms with Crippen LogP contribution in [-0.2, 0) is 46.0 Å². The number of nitrogens with one attached hydrogen (secondary N) is 1. The largest absolute Gasteiger partial charge is 0.496 e. The zero-order valence-electron chi connectivity index (χ0n) is 37.7. The highest BCUT2D eigenvalue weighted by atomic mass is 32.2. The van der Waals surface area contributed by atoms with Crippen molar-refractivity contribution in [3.63, 3.8) is 0 Å². The Morgan fingerprint density at radius 3 is 2.42 bits per heavy atom. The quantitative estimate of drug-likeness (QED) is 0.103. The Kier molecular flexibility index (Phi) is 10.4. The van der Waals surface area contributed by atoms with E-state index in [2.05, 4.69) is 76.3 Å². The van der Waals surface area contributed by atoms with Crippen LogP contribution in [0.5, 0.6) is 5.75 Å². The van der Waals surface area contributed by atoms with Gasteiger partial charge in [-0.25, -0.2) is 4.79 Å². The number of ether oxygens (including phenoxy) is 4. The molecule has 5 aliphatic heterocycles. The Morgan fingerprint density at radius 1 is 0.938 bits per heavy atom. The van der Waals surface area contributed by atoms with Crippen LogP contribution in [-0.4, -0.2) is 116 Å². The lowest BCUT2D eigenvalue weighted by Gasteiger charge is -2.63. The monoisotopic (exact) mass is 886 g/mol. The molecule has 6 heterocycles. The third-order valence-electron chi connectivity index (χ3n) is 15.8. The van der Waals surface area contributed by atoms with Crippen molar-refractivity contribution in [2.24, 2.45) is 11.3 Å². The van der Waals surface area contributed by atoms with Crippen molar-refractivity contribution in [1.82, 2.24) is 14.8 Å². The summed E-state index contributed by atoms with van der Waals surface area (Å²) in [5.41, 5.74) is 0.863. The molecule has 1 aromatic heterocycles. The van der Waals surface area contributed by atoms with Crippen LogP contribution in [0.4, 0.5) is 5.69 Å². The number of nitrogens with zero attached hydrogens (tertiary/aromatic N) is 3. The molecule has 1 saturated carbocycles. The molecule has 0 amide bonds. The van der Waals surface area contributed by atoms with Crippen molar-refractivity contribution >= 4 is 46.3 Å². The highest BCUT2D eigenvalue weighted by Crippen LogP contribution is 2.68. The second-order valence-corrected chi connectivity index (χ2v) is 19.9. The van der Waals surface area contributed by atoms with Gasteiger partial charge in [-0.2, -0.15) is 0 Å². The number of rotatable bonds is 9. The van der Waals surface area contributed by atoms with Gasteiger partial charge in [-0.05, 0) is 85.7 Å². The summed E-state index contributed by atoms with van der Waals surface area (Å²) < 4.78 is 24.1. The van der Waals surface area contributed by atoms with Gasteiger partial charge in [-0.1, -0.05) is 67.6 Å². The number of likely N-dealkylation sites (N-methyl/N-ethyl adjacent to an activating group) is 1. The number of aromatic nitrogens is 1. The summed E-state index contributed by atoms with van der Waals surface area (Å²) in [4.78, 5) is 56.0. The molecule has 12 nitrogen and oxygen atoms in total. The molecule has 0 radical (unpaired) electrons. The van der Waals surface area contributed by atoms with E-state index in [1.54, 1.807) is 18.9 Å². The minimum absolute atomic E-state index is 0.000107. The van der Waals surface area contributed by atoms with Gasteiger partial charge in [0.2, 0.25) is 5.60 Å². The van der Waals surface area contributed by atoms with E-state index in [4.69, 9.17) is 18.9 Å². The molecule has 2 N–H and O–H groups in total. The van der Waals surface area contributed by atoms with Gasteiger partial charge >= 0.3 is 17.9 Å². The van der Waals surface area contributed by atoms with Gasteiger partial charge in [0, 0.05) is 101 Å². The van der Waals surface area contributed by atoms with Crippen LogP contribution in [0.2, 0.25) is 0 Å². The van der Waals surface area contributed by atoms with E-state index in [9.17, 15) is 14.7 Å². The molecular formula is C51H58N4O8S. The summed E-state index contributed by atoms with van der Waals surface area (Å²) in [6.45, 7) is 9.11. The van der Waals surface area contributed by atoms with Crippen molar-refractivity contribution < 1.29 is 38.4 Å². The van der Waals surface area contributed by atoms with E-state index in [1.165, 1.54) is 26.7 Å². The maximum absolute atomic E-state index is 15.5. The summed E-state index contributed by atoms with van der Waals surface area (Å²) in [5, 5.41) is 14.5. The van der Waals surface area contributed by atoms with E-state index >= 15 is 4.79 Å². The zero-order chi connectivity index (χ0) is 44.9. The first kappa shape index (κ1) is 42.8. The highest BCUT2D eigenvalue weighted by molar-refractivity contribution is 7.99. The molecule has 2 fully saturated rings. The molecule has 4 aromatic rings. The van der Waals surface area contributed by atoms with E-state index in [1.807, 2.05) is 43.1 Å². The number of carbonyl (C=O) groups excluding carboxylic acids is 3. The zero-order valence-corrected chi connectivity index (χ0v) is 38.6. The highest BCUT2D eigenvalue weighted by Gasteiger charge is 2.80. The summed E-state index contributed by atoms with van der Waals surface area (Å²) in [7, 11) is 6.25. The van der Waals surface area contributed by atoms with E-state index in [-0.39, 0.29) is 12.0 Å². The Bertz CT molecular complexity index is 2630. The lowest BCUT2D eigenvalue weighted by molar-refractivity contribution is -0.228. The third kappa shape index (κ3) is 5.82. The number of carbonyl (C=O) groups is 3. The fourth-order valence-electron chi connectivity index (χ4n) is 13.6. The maximum Gasteiger partial charge on any atom is 0.344 e. The molecule has 1 aliphatic carbocycles. The van der Waals surface area contributed by atoms with Crippen molar-refractivity contribution in [3.8, 4) is 5.75 Å². The van der Waals surface area contributed by atoms with Crippen LogP contribution in [0, 0.1) is 11.3 Å². The molecule has 6 aliphatic rings. The van der Waals surface area contributed by atoms with Crippen LogP contribution < -0.4 is 9.64 Å². The fourth-order valence-corrected chi connectivity index (χ4v) is 14.4. The van der Waals surface area contributed by atoms with Crippen LogP contribution in [0.3, 0.4) is 0 Å². The molecule has 9 atom stereocenters. The Hall–Kier alpha value is -5.08. The molecular weight excluding hydrogens is 829 g/mol. The minimum Gasteiger partial charge on any atom is -0.496 e. The first-order valence-electron chi connectivity index (χ1n) is 22.6. The number of anilines is 1. The second kappa shape index (κ2) is 15.5. The Morgan fingerprint density at radius 2 is 1.72 bits per heavy atom. The molecule has 10 rings (SSSR count). The Labute approximate surface area is 378 Å². The number of esters is 3. The van der Waals surface area contributed by atoms with Gasteiger partial charge in [0.25, 0.3) is 0 Å². The first-order valence-corrected chi connectivity index (χ1v) is 23.4. The second-order valence-electron chi connectivity index (χ2n) is 18.8. The molecule has 336 valence electrons. The molecule has 64 heavy (non-hydrogen) atoms. The van der Waals surface area contributed by atoms with Gasteiger partial charge in [0.05, 0.1) is 27.4 Å². The Balaban J connectivity index is 1.26. The topological polar surface area (TPSA) is 134 Å². The molecule has 1 spiro atoms. The van der Waals surface area contributed by atoms with E-state index in [0.29, 0.717) is 50.2 Å². The van der Waals surface area contributed by atoms with Crippen molar-refractivity contribution in [1.29, 1.82) is 0 Å². The maximum atomic E-state index is 15.5. The lowest BCUT2D eigenvalue weighted by atomic mass is 9.47. The summed E-state index contributed by atoms with van der Waals surface area (Å²) in [5.74, 6) is -1.37. The average molecular weight is 887 g/mol. The average Bonchev–Trinajstić information content (AvgIpc) is 3.95. The predicted octanol–water partition coefficient (Wildman–Crippen LogP) is 6.90. The minimum atomic E-state index is -2.29. The molecule has 1 unspecified atom stereocenters. The van der Waals surface area contributed by atoms with Crippen LogP contribution >= 0.6 is 11.8 Å². The first-order chi connectivity index (χ1) is 30.8. The number of hydrogen-bond donors (Lipinski definition) is 2. The lowest BCUT2D eigenvalue weighted by Crippen LogP contribution is -2.81. The van der Waals surface area contributed by atoms with Gasteiger partial charge in [-0.15, -0.1) is 0 Å². The van der Waals surface area contributed by atoms with E-state index in [0.717, 1.165) is 62.7 Å². The molecule has 1 saturated heterocycles. The van der Waals surface area contributed by atoms with Gasteiger partial charge in [-0.3, -0.25) is 19.4 Å². The van der Waals surface area contributed by atoms with Gasteiger partial charge < -0.3 is 33.9 Å². The van der Waals surface area contributed by atoms with Crippen LogP contribution in [0.25, 0.3) is 10.9 Å². The summed E-state index contributed by atoms with van der Waals surface area (Å²) in [6.07, 6.45) is 7.61. The predicted molar refractivity (Wildman–Crippen MR) is 245 cm³/mol. The number of hydrogen-bond acceptors (Lipinski definition) is 12. The fraction of sp³-hybridized carbons (Fsp3) is 0.471. The molecule has 2 bridgehead atoms. The van der Waals surface area contributed by atoms with Crippen molar-refractivity contribution in [2.45, 2.75) is 97.4 Å². The smallest absolute Gasteiger partial charge is 0.344 e. The summed E-state index contributed by atoms with van der Waals surface area (Å²) in [6, 6.07) is 19.7. The molecule has 13 heteroatoms. The number of fused-ring (bicyclic) bond motifs is 6. The molecule has 3 aromatic carbocycles. The number of aromatic amines is 1. The standard InChI is InChI=1S/C51H58N4O8S/c1-8-31-22-32-26-50(46(57)61-6,42-36(29-54(27-31)28-32)35-23-34(16-17-39(35)52-42)64-33-14-11-10-12-15-33)38-24-37-40(25-41(38)60-5)53(4)44-49(37)19-21-55-20-13-18-48(9-2,43(49)55)45(63-30(3)56)51(44,59)47(58)62-7/h10-18,22-25,32,43-45,52,59H,8-9,19-21,26-29H2,1-7H3/t32-,43+,44-,45-,48-,49-,50+,51+/m1/s1. The SMILES string of the molecule is CCC1=C[C@H]2CN(C1)Cc1c([nH]c3ccc(Sc4ccccc4)cc13)[C@@](C(=O)OC)(c1cc3c(cc1OC)N(C)[C@H]1[C@@](O)(C(=O)OC)[C@H](OC(C)=O)[C@]4(CC)C=CCN5CC[C@]31[C@@H]54)C2. The van der Waals surface area contributed by atoms with Gasteiger partial charge in [0.15, 0.2) is 6.10 Å². The summed E-state index contributed by atoms with van der Waals surface area (Å²) >= 11 is 1.71. The number of methoxy groups -OCH3 is 3. The van der Waals surface area contributed by atoms with Crippen LogP contribution in [0.1, 0.15) is 68.8 Å². The van der Waals surface area contributed by atoms with Crippen LogP contribution in [0.15, 0.2) is 94.3 Å². The van der Waals surface area contributed by atoms with Crippen molar-refractivity contribution in [3.05, 3.63) is 107 Å². The third-order valence-corrected chi connectivity index (χ3v) is 16.8. The number of aliphatic hydroxyl groups is 1. The number of H-pyrrole nitrogens is 1. The van der Waals surface area contributed by atoms with Crippen molar-refractivity contribution in [2.75, 3.05) is 59.5 Å². The van der Waals surface area contributed by atoms with Gasteiger partial charge in [0.1, 0.15) is 11.2 Å².